The summed E-state index contributed by atoms with van der Waals surface area (Å²) in [6, 6.07) is 12.5. The van der Waals surface area contributed by atoms with Crippen molar-refractivity contribution in [3.63, 3.8) is 0 Å². The molecule has 0 bridgehead atoms. The highest BCUT2D eigenvalue weighted by molar-refractivity contribution is 7.98. The van der Waals surface area contributed by atoms with Gasteiger partial charge < -0.3 is 15.2 Å². The molecule has 0 aliphatic carbocycles. The van der Waals surface area contributed by atoms with Gasteiger partial charge in [-0.1, -0.05) is 30.3 Å². The maximum Gasteiger partial charge on any atom is 0.326 e. The van der Waals surface area contributed by atoms with E-state index >= 15 is 0 Å². The van der Waals surface area contributed by atoms with Gasteiger partial charge in [0.25, 0.3) is 5.91 Å². The number of carboxylic acids is 1. The van der Waals surface area contributed by atoms with Gasteiger partial charge in [-0.25, -0.2) is 4.79 Å². The number of carbonyl (C=O) groups excluding carboxylic acids is 1. The summed E-state index contributed by atoms with van der Waals surface area (Å²) in [7, 11) is 0. The van der Waals surface area contributed by atoms with Crippen LogP contribution in [0.25, 0.3) is 10.8 Å². The minimum absolute atomic E-state index is 0.207. The number of ether oxygens (including phenoxy) is 1. The van der Waals surface area contributed by atoms with E-state index in [2.05, 4.69) is 5.32 Å². The zero-order valence-electron chi connectivity index (χ0n) is 12.8. The van der Waals surface area contributed by atoms with Crippen LogP contribution >= 0.6 is 11.8 Å². The third kappa shape index (κ3) is 5.17. The Kier molecular flexibility index (Phi) is 6.29. The first-order valence-corrected chi connectivity index (χ1v) is 8.62. The largest absolute Gasteiger partial charge is 0.484 e. The Morgan fingerprint density at radius 3 is 2.65 bits per heavy atom. The number of aliphatic carboxylic acids is 1. The summed E-state index contributed by atoms with van der Waals surface area (Å²) in [5.74, 6) is -0.220. The molecule has 6 heteroatoms. The lowest BCUT2D eigenvalue weighted by molar-refractivity contribution is -0.142. The van der Waals surface area contributed by atoms with Gasteiger partial charge in [-0.3, -0.25) is 4.79 Å². The monoisotopic (exact) mass is 333 g/mol. The van der Waals surface area contributed by atoms with E-state index < -0.39 is 17.9 Å². The van der Waals surface area contributed by atoms with Gasteiger partial charge in [-0.15, -0.1) is 0 Å². The number of rotatable bonds is 8. The maximum atomic E-state index is 11.9. The highest BCUT2D eigenvalue weighted by Gasteiger charge is 2.19. The van der Waals surface area contributed by atoms with Crippen molar-refractivity contribution < 1.29 is 19.4 Å². The number of amides is 1. The van der Waals surface area contributed by atoms with E-state index in [9.17, 15) is 9.59 Å². The first kappa shape index (κ1) is 17.1. The van der Waals surface area contributed by atoms with Gasteiger partial charge in [-0.05, 0) is 41.3 Å². The maximum absolute atomic E-state index is 11.9. The van der Waals surface area contributed by atoms with Gasteiger partial charge in [0.05, 0.1) is 0 Å². The number of hydrogen-bond donors (Lipinski definition) is 2. The highest BCUT2D eigenvalue weighted by atomic mass is 32.2. The van der Waals surface area contributed by atoms with E-state index in [-0.39, 0.29) is 6.61 Å². The molecule has 5 nitrogen and oxygen atoms in total. The molecule has 0 unspecified atom stereocenters. The molecule has 2 aromatic carbocycles. The SMILES string of the molecule is CSCC[C@@H](NC(=O)COc1ccc2ccccc2c1)C(=O)O. The van der Waals surface area contributed by atoms with Crippen LogP contribution in [-0.4, -0.2) is 41.6 Å². The first-order valence-electron chi connectivity index (χ1n) is 7.23. The molecule has 1 atom stereocenters. The molecule has 0 aromatic heterocycles. The quantitative estimate of drug-likeness (QED) is 0.776. The topological polar surface area (TPSA) is 75.6 Å². The van der Waals surface area contributed by atoms with Gasteiger partial charge >= 0.3 is 5.97 Å². The molecular formula is C17H19NO4S. The van der Waals surface area contributed by atoms with E-state index in [4.69, 9.17) is 9.84 Å². The van der Waals surface area contributed by atoms with Crippen LogP contribution in [-0.2, 0) is 9.59 Å². The van der Waals surface area contributed by atoms with Crippen LogP contribution in [0, 0.1) is 0 Å². The summed E-state index contributed by atoms with van der Waals surface area (Å²) in [5, 5.41) is 13.7. The number of carboxylic acid groups (broad SMARTS) is 1. The van der Waals surface area contributed by atoms with Crippen molar-refractivity contribution in [3.05, 3.63) is 42.5 Å². The van der Waals surface area contributed by atoms with Crippen molar-refractivity contribution in [2.45, 2.75) is 12.5 Å². The van der Waals surface area contributed by atoms with Crippen molar-refractivity contribution in [1.29, 1.82) is 0 Å². The normalized spacial score (nSPS) is 11.9. The summed E-state index contributed by atoms with van der Waals surface area (Å²) in [4.78, 5) is 22.9. The predicted octanol–water partition coefficient (Wildman–Crippen LogP) is 2.54. The molecule has 0 aliphatic heterocycles. The van der Waals surface area contributed by atoms with E-state index in [1.165, 1.54) is 11.8 Å². The van der Waals surface area contributed by atoms with Gasteiger partial charge in [0, 0.05) is 0 Å². The smallest absolute Gasteiger partial charge is 0.326 e. The zero-order chi connectivity index (χ0) is 16.7. The van der Waals surface area contributed by atoms with Crippen molar-refractivity contribution in [1.82, 2.24) is 5.32 Å². The van der Waals surface area contributed by atoms with Crippen molar-refractivity contribution in [2.75, 3.05) is 18.6 Å². The summed E-state index contributed by atoms with van der Waals surface area (Å²) in [6.07, 6.45) is 2.28. The van der Waals surface area contributed by atoms with Gasteiger partial charge in [0.15, 0.2) is 6.61 Å². The van der Waals surface area contributed by atoms with Crippen molar-refractivity contribution in [3.8, 4) is 5.75 Å². The second kappa shape index (κ2) is 8.43. The molecule has 0 fully saturated rings. The van der Waals surface area contributed by atoms with Crippen LogP contribution in [0.1, 0.15) is 6.42 Å². The van der Waals surface area contributed by atoms with Gasteiger partial charge in [0.2, 0.25) is 0 Å². The molecule has 2 aromatic rings. The van der Waals surface area contributed by atoms with E-state index in [0.717, 1.165) is 10.8 Å². The standard InChI is InChI=1S/C17H19NO4S/c1-23-9-8-15(17(20)21)18-16(19)11-22-14-7-6-12-4-2-3-5-13(12)10-14/h2-7,10,15H,8-9,11H2,1H3,(H,18,19)(H,20,21)/t15-/m1/s1. The average Bonchev–Trinajstić information content (AvgIpc) is 2.56. The fourth-order valence-corrected chi connectivity index (χ4v) is 2.61. The molecule has 0 spiro atoms. The second-order valence-electron chi connectivity index (χ2n) is 5.04. The molecule has 0 radical (unpaired) electrons. The van der Waals surface area contributed by atoms with Crippen LogP contribution < -0.4 is 10.1 Å². The Hall–Kier alpha value is -2.21. The summed E-state index contributed by atoms with van der Waals surface area (Å²) >= 11 is 1.54. The number of nitrogens with one attached hydrogen (secondary N) is 1. The van der Waals surface area contributed by atoms with Crippen molar-refractivity contribution >= 4 is 34.4 Å². The lowest BCUT2D eigenvalue weighted by Crippen LogP contribution is -2.43. The van der Waals surface area contributed by atoms with Gasteiger partial charge in [-0.2, -0.15) is 11.8 Å². The minimum Gasteiger partial charge on any atom is -0.484 e. The Labute approximate surface area is 139 Å². The lowest BCUT2D eigenvalue weighted by Gasteiger charge is -2.14. The van der Waals surface area contributed by atoms with Crippen LogP contribution in [0.4, 0.5) is 0 Å². The molecule has 0 saturated carbocycles. The zero-order valence-corrected chi connectivity index (χ0v) is 13.6. The first-order chi connectivity index (χ1) is 11.1. The number of fused-ring (bicyclic) bond motifs is 1. The summed E-state index contributed by atoms with van der Waals surface area (Å²) in [6.45, 7) is -0.207. The molecule has 2 N–H and O–H groups in total. The molecular weight excluding hydrogens is 314 g/mol. The Morgan fingerprint density at radius 2 is 1.96 bits per heavy atom. The summed E-state index contributed by atoms with van der Waals surface area (Å²) < 4.78 is 5.45. The number of hydrogen-bond acceptors (Lipinski definition) is 4. The van der Waals surface area contributed by atoms with Crippen LogP contribution in [0.2, 0.25) is 0 Å². The number of benzene rings is 2. The highest BCUT2D eigenvalue weighted by Crippen LogP contribution is 2.20. The molecule has 122 valence electrons. The van der Waals surface area contributed by atoms with E-state index in [0.29, 0.717) is 17.9 Å². The molecule has 1 amide bonds. The number of thioether (sulfide) groups is 1. The molecule has 0 aliphatic rings. The lowest BCUT2D eigenvalue weighted by atomic mass is 10.1. The van der Waals surface area contributed by atoms with Gasteiger partial charge in [0.1, 0.15) is 11.8 Å². The third-order valence-electron chi connectivity index (χ3n) is 3.33. The Morgan fingerprint density at radius 1 is 1.22 bits per heavy atom. The molecule has 2 rings (SSSR count). The van der Waals surface area contributed by atoms with Crippen LogP contribution in [0.15, 0.2) is 42.5 Å². The fraction of sp³-hybridized carbons (Fsp3) is 0.294. The van der Waals surface area contributed by atoms with E-state index in [1.807, 2.05) is 42.7 Å². The Bertz CT molecular complexity index is 689. The Balaban J connectivity index is 1.90. The minimum atomic E-state index is -1.03. The van der Waals surface area contributed by atoms with E-state index in [1.54, 1.807) is 6.07 Å². The van der Waals surface area contributed by atoms with Crippen LogP contribution in [0.5, 0.6) is 5.75 Å². The molecule has 0 saturated heterocycles. The fourth-order valence-electron chi connectivity index (χ4n) is 2.14. The number of carbonyl (C=O) groups is 2. The third-order valence-corrected chi connectivity index (χ3v) is 3.98. The molecule has 0 heterocycles. The molecule has 23 heavy (non-hydrogen) atoms. The second-order valence-corrected chi connectivity index (χ2v) is 6.02. The van der Waals surface area contributed by atoms with Crippen LogP contribution in [0.3, 0.4) is 0 Å². The van der Waals surface area contributed by atoms with Crippen molar-refractivity contribution in [2.24, 2.45) is 0 Å². The average molecular weight is 333 g/mol. The summed E-state index contributed by atoms with van der Waals surface area (Å²) in [5.41, 5.74) is 0. The predicted molar refractivity (Wildman–Crippen MR) is 92.0 cm³/mol.